The highest BCUT2D eigenvalue weighted by Crippen LogP contribution is 2.43. The van der Waals surface area contributed by atoms with E-state index in [9.17, 15) is 0 Å². The Morgan fingerprint density at radius 2 is 1.61 bits per heavy atom. The van der Waals surface area contributed by atoms with Crippen molar-refractivity contribution in [2.24, 2.45) is 28.6 Å². The first-order chi connectivity index (χ1) is 13.1. The van der Waals surface area contributed by atoms with E-state index in [1.54, 1.807) is 0 Å². The standard InChI is InChI=1S/C28H54/c1-9-11-13-16-23(3)24(4)28(7,8)22-25(10-2)21-27(5,6)20-19-26-17-14-12-15-18-26/h23,25-26H,4,9-22H2,1-3,5-8H3. The van der Waals surface area contributed by atoms with Gasteiger partial charge in [0, 0.05) is 0 Å². The highest BCUT2D eigenvalue weighted by atomic mass is 14.4. The highest BCUT2D eigenvalue weighted by molar-refractivity contribution is 5.11. The molecule has 166 valence electrons. The van der Waals surface area contributed by atoms with E-state index in [0.29, 0.717) is 11.3 Å². The molecule has 1 aliphatic carbocycles. The van der Waals surface area contributed by atoms with Crippen molar-refractivity contribution in [3.63, 3.8) is 0 Å². The fourth-order valence-electron chi connectivity index (χ4n) is 5.71. The summed E-state index contributed by atoms with van der Waals surface area (Å²) in [6.45, 7) is 21.7. The molecule has 0 radical (unpaired) electrons. The maximum absolute atomic E-state index is 4.59. The lowest BCUT2D eigenvalue weighted by molar-refractivity contribution is 0.177. The molecule has 0 aliphatic heterocycles. The predicted octanol–water partition coefficient (Wildman–Crippen LogP) is 9.98. The van der Waals surface area contributed by atoms with Crippen LogP contribution in [0.15, 0.2) is 12.2 Å². The molecule has 1 rings (SSSR count). The van der Waals surface area contributed by atoms with E-state index in [1.165, 1.54) is 95.5 Å². The molecule has 0 N–H and O–H groups in total. The molecule has 1 aliphatic rings. The molecule has 1 saturated carbocycles. The molecule has 0 heteroatoms. The Labute approximate surface area is 179 Å². The van der Waals surface area contributed by atoms with Crippen LogP contribution in [0, 0.1) is 28.6 Å². The maximum Gasteiger partial charge on any atom is -0.0142 e. The van der Waals surface area contributed by atoms with Crippen molar-refractivity contribution in [2.45, 2.75) is 138 Å². The summed E-state index contributed by atoms with van der Waals surface area (Å²) in [4.78, 5) is 0. The summed E-state index contributed by atoms with van der Waals surface area (Å²) in [5.74, 6) is 2.52. The number of unbranched alkanes of at least 4 members (excludes halogenated alkanes) is 2. The third-order valence-electron chi connectivity index (χ3n) is 7.88. The third kappa shape index (κ3) is 9.49. The molecule has 2 unspecified atom stereocenters. The average molecular weight is 391 g/mol. The third-order valence-corrected chi connectivity index (χ3v) is 7.88. The number of rotatable bonds is 14. The lowest BCUT2D eigenvalue weighted by atomic mass is 9.67. The van der Waals surface area contributed by atoms with Crippen molar-refractivity contribution in [2.75, 3.05) is 0 Å². The van der Waals surface area contributed by atoms with E-state index in [1.807, 2.05) is 0 Å². The van der Waals surface area contributed by atoms with Crippen LogP contribution in [0.25, 0.3) is 0 Å². The molecule has 28 heavy (non-hydrogen) atoms. The summed E-state index contributed by atoms with van der Waals surface area (Å²) in [5.41, 5.74) is 2.26. The minimum atomic E-state index is 0.270. The van der Waals surface area contributed by atoms with E-state index in [-0.39, 0.29) is 5.41 Å². The van der Waals surface area contributed by atoms with Crippen LogP contribution in [0.2, 0.25) is 0 Å². The van der Waals surface area contributed by atoms with Gasteiger partial charge in [0.1, 0.15) is 0 Å². The van der Waals surface area contributed by atoms with Gasteiger partial charge in [-0.2, -0.15) is 0 Å². The number of hydrogen-bond acceptors (Lipinski definition) is 0. The van der Waals surface area contributed by atoms with E-state index in [0.717, 1.165) is 11.8 Å². The zero-order valence-corrected chi connectivity index (χ0v) is 20.8. The first-order valence-electron chi connectivity index (χ1n) is 12.8. The zero-order chi connectivity index (χ0) is 21.2. The van der Waals surface area contributed by atoms with Crippen LogP contribution >= 0.6 is 0 Å². The number of allylic oxidation sites excluding steroid dienone is 1. The summed E-state index contributed by atoms with van der Waals surface area (Å²) < 4.78 is 0. The second kappa shape index (κ2) is 12.4. The lowest BCUT2D eigenvalue weighted by Crippen LogP contribution is -2.26. The quantitative estimate of drug-likeness (QED) is 0.204. The van der Waals surface area contributed by atoms with Gasteiger partial charge in [-0.15, -0.1) is 0 Å². The van der Waals surface area contributed by atoms with Crippen molar-refractivity contribution in [1.82, 2.24) is 0 Å². The summed E-state index contributed by atoms with van der Waals surface area (Å²) in [5, 5.41) is 0. The molecule has 0 saturated heterocycles. The first kappa shape index (κ1) is 25.8. The van der Waals surface area contributed by atoms with Gasteiger partial charge in [-0.1, -0.05) is 118 Å². The van der Waals surface area contributed by atoms with Gasteiger partial charge in [0.05, 0.1) is 0 Å². The molecular formula is C28H54. The molecule has 1 fully saturated rings. The number of hydrogen-bond donors (Lipinski definition) is 0. The molecule has 0 spiro atoms. The normalized spacial score (nSPS) is 18.8. The van der Waals surface area contributed by atoms with Gasteiger partial charge in [0.15, 0.2) is 0 Å². The second-order valence-electron chi connectivity index (χ2n) is 11.7. The van der Waals surface area contributed by atoms with Crippen LogP contribution in [-0.4, -0.2) is 0 Å². The fraction of sp³-hybridized carbons (Fsp3) is 0.929. The minimum absolute atomic E-state index is 0.270. The molecule has 0 aromatic heterocycles. The van der Waals surface area contributed by atoms with Gasteiger partial charge in [0.25, 0.3) is 0 Å². The topological polar surface area (TPSA) is 0 Å². The van der Waals surface area contributed by atoms with Gasteiger partial charge in [-0.3, -0.25) is 0 Å². The van der Waals surface area contributed by atoms with Crippen LogP contribution < -0.4 is 0 Å². The molecule has 0 aromatic carbocycles. The Bertz CT molecular complexity index is 421. The Morgan fingerprint density at radius 1 is 0.964 bits per heavy atom. The van der Waals surface area contributed by atoms with E-state index in [2.05, 4.69) is 55.0 Å². The van der Waals surface area contributed by atoms with Gasteiger partial charge >= 0.3 is 0 Å². The summed E-state index contributed by atoms with van der Waals surface area (Å²) in [6, 6.07) is 0. The molecular weight excluding hydrogens is 336 g/mol. The van der Waals surface area contributed by atoms with Crippen LogP contribution in [0.5, 0.6) is 0 Å². The maximum atomic E-state index is 4.59. The van der Waals surface area contributed by atoms with Crippen LogP contribution in [0.3, 0.4) is 0 Å². The summed E-state index contributed by atoms with van der Waals surface area (Å²) in [7, 11) is 0. The minimum Gasteiger partial charge on any atom is -0.0991 e. The second-order valence-corrected chi connectivity index (χ2v) is 11.7. The van der Waals surface area contributed by atoms with Gasteiger partial charge in [0.2, 0.25) is 0 Å². The SMILES string of the molecule is C=C(C(C)CCCCC)C(C)(C)CC(CC)CC(C)(C)CCC1CCCCC1. The van der Waals surface area contributed by atoms with Crippen LogP contribution in [0.4, 0.5) is 0 Å². The summed E-state index contributed by atoms with van der Waals surface area (Å²) in [6.07, 6.45) is 19.7. The van der Waals surface area contributed by atoms with Gasteiger partial charge in [-0.25, -0.2) is 0 Å². The molecule has 2 atom stereocenters. The van der Waals surface area contributed by atoms with Crippen molar-refractivity contribution < 1.29 is 0 Å². The van der Waals surface area contributed by atoms with Crippen molar-refractivity contribution in [3.05, 3.63) is 12.2 Å². The zero-order valence-electron chi connectivity index (χ0n) is 20.8. The molecule has 0 bridgehead atoms. The Hall–Kier alpha value is -0.260. The van der Waals surface area contributed by atoms with Crippen LogP contribution in [-0.2, 0) is 0 Å². The van der Waals surface area contributed by atoms with Crippen molar-refractivity contribution in [1.29, 1.82) is 0 Å². The monoisotopic (exact) mass is 390 g/mol. The van der Waals surface area contributed by atoms with E-state index < -0.39 is 0 Å². The van der Waals surface area contributed by atoms with Gasteiger partial charge < -0.3 is 0 Å². The Balaban J connectivity index is 2.53. The Morgan fingerprint density at radius 3 is 2.18 bits per heavy atom. The summed E-state index contributed by atoms with van der Waals surface area (Å²) >= 11 is 0. The Kier molecular flexibility index (Phi) is 11.5. The fourth-order valence-corrected chi connectivity index (χ4v) is 5.71. The van der Waals surface area contributed by atoms with E-state index in [4.69, 9.17) is 0 Å². The molecule has 0 heterocycles. The lowest BCUT2D eigenvalue weighted by Gasteiger charge is -2.38. The van der Waals surface area contributed by atoms with E-state index >= 15 is 0 Å². The smallest absolute Gasteiger partial charge is 0.0142 e. The van der Waals surface area contributed by atoms with Crippen molar-refractivity contribution in [3.8, 4) is 0 Å². The molecule has 0 aromatic rings. The largest absolute Gasteiger partial charge is 0.0991 e. The van der Waals surface area contributed by atoms with Crippen LogP contribution in [0.1, 0.15) is 138 Å². The first-order valence-corrected chi connectivity index (χ1v) is 12.8. The molecule has 0 amide bonds. The average Bonchev–Trinajstić information content (AvgIpc) is 2.65. The highest BCUT2D eigenvalue weighted by Gasteiger charge is 2.31. The van der Waals surface area contributed by atoms with Crippen molar-refractivity contribution >= 4 is 0 Å². The molecule has 0 nitrogen and oxygen atoms in total. The predicted molar refractivity (Wildman–Crippen MR) is 129 cm³/mol. The van der Waals surface area contributed by atoms with Gasteiger partial charge in [-0.05, 0) is 60.7 Å².